The first-order chi connectivity index (χ1) is 5.81. The number of halogens is 1. The maximum atomic E-state index is 5.84. The minimum atomic E-state index is -1.57. The second-order valence-electron chi connectivity index (χ2n) is 4.54. The molecule has 0 aliphatic rings. The molecule has 0 rings (SSSR count). The van der Waals surface area contributed by atoms with E-state index in [1.165, 1.54) is 0 Å². The van der Waals surface area contributed by atoms with Gasteiger partial charge in [-0.2, -0.15) is 0 Å². The van der Waals surface area contributed by atoms with Gasteiger partial charge in [0.25, 0.3) is 0 Å². The Labute approximate surface area is 91.5 Å². The maximum absolute atomic E-state index is 5.84. The van der Waals surface area contributed by atoms with Crippen LogP contribution in [0.1, 0.15) is 20.8 Å². The van der Waals surface area contributed by atoms with E-state index >= 15 is 0 Å². The lowest BCUT2D eigenvalue weighted by atomic mass is 10.2. The normalized spacial score (nSPS) is 12.2. The zero-order valence-electron chi connectivity index (χ0n) is 9.20. The molecule has 0 aromatic rings. The summed E-state index contributed by atoms with van der Waals surface area (Å²) in [5.74, 6) is 5.92. The minimum absolute atomic E-state index is 0.281. The molecule has 0 unspecified atom stereocenters. The maximum Gasteiger partial charge on any atom is 0.193 e. The number of alkyl halides is 1. The fraction of sp³-hybridized carbons (Fsp3) is 0.800. The first kappa shape index (κ1) is 13.2. The van der Waals surface area contributed by atoms with Crippen LogP contribution >= 0.6 is 15.9 Å². The van der Waals surface area contributed by atoms with Crippen molar-refractivity contribution in [3.63, 3.8) is 0 Å². The molecule has 0 amide bonds. The highest BCUT2D eigenvalue weighted by atomic mass is 79.9. The van der Waals surface area contributed by atoms with E-state index in [2.05, 4.69) is 61.6 Å². The van der Waals surface area contributed by atoms with Crippen molar-refractivity contribution in [3.05, 3.63) is 0 Å². The summed E-state index contributed by atoms with van der Waals surface area (Å²) in [6.45, 7) is 11.7. The van der Waals surface area contributed by atoms with E-state index in [1.54, 1.807) is 0 Å². The molecule has 1 nitrogen and oxygen atoms in total. The molecule has 0 atom stereocenters. The fourth-order valence-corrected chi connectivity index (χ4v) is 1.60. The van der Waals surface area contributed by atoms with Crippen LogP contribution in [0.4, 0.5) is 0 Å². The second kappa shape index (κ2) is 5.19. The predicted molar refractivity (Wildman–Crippen MR) is 64.7 cm³/mol. The minimum Gasteiger partial charge on any atom is -0.406 e. The molecule has 76 valence electrons. The Bertz CT molecular complexity index is 207. The summed E-state index contributed by atoms with van der Waals surface area (Å²) in [4.78, 5) is 0. The van der Waals surface area contributed by atoms with Crippen LogP contribution in [0, 0.1) is 11.8 Å². The van der Waals surface area contributed by atoms with E-state index in [1.807, 2.05) is 0 Å². The van der Waals surface area contributed by atoms with Crippen LogP contribution in [-0.2, 0) is 4.43 Å². The van der Waals surface area contributed by atoms with Crippen LogP contribution in [0.25, 0.3) is 0 Å². The highest BCUT2D eigenvalue weighted by molar-refractivity contribution is 9.09. The Morgan fingerprint density at radius 3 is 2.15 bits per heavy atom. The summed E-state index contributed by atoms with van der Waals surface area (Å²) in [6.07, 6.45) is 0. The van der Waals surface area contributed by atoms with Gasteiger partial charge in [0.15, 0.2) is 8.32 Å². The molecule has 0 bridgehead atoms. The molecule has 0 aliphatic carbocycles. The van der Waals surface area contributed by atoms with Gasteiger partial charge in [0.2, 0.25) is 0 Å². The third kappa shape index (κ3) is 4.85. The average molecular weight is 263 g/mol. The van der Waals surface area contributed by atoms with Crippen LogP contribution in [0.3, 0.4) is 0 Å². The molecular formula is C10H19BrOSi. The van der Waals surface area contributed by atoms with Crippen LogP contribution in [-0.4, -0.2) is 20.3 Å². The van der Waals surface area contributed by atoms with Gasteiger partial charge in [0.1, 0.15) is 0 Å². The quantitative estimate of drug-likeness (QED) is 0.421. The third-order valence-corrected chi connectivity index (χ3v) is 7.26. The molecule has 0 aromatic heterocycles. The SMILES string of the molecule is CC(C)(C)[Si](C)(C)OCC#CCBr. The standard InChI is InChI=1S/C10H19BrOSi/c1-10(2,3)13(4,5)12-9-7-6-8-11/h8-9H2,1-5H3. The Balaban J connectivity index is 4.04. The van der Waals surface area contributed by atoms with Gasteiger partial charge in [-0.3, -0.25) is 0 Å². The molecule has 3 heteroatoms. The summed E-state index contributed by atoms with van der Waals surface area (Å²) in [6, 6.07) is 0. The van der Waals surface area contributed by atoms with Crippen molar-refractivity contribution in [1.29, 1.82) is 0 Å². The lowest BCUT2D eigenvalue weighted by Gasteiger charge is -2.35. The molecule has 0 saturated carbocycles. The number of hydrogen-bond donors (Lipinski definition) is 0. The van der Waals surface area contributed by atoms with E-state index < -0.39 is 8.32 Å². The lowest BCUT2D eigenvalue weighted by molar-refractivity contribution is 0.334. The molecule has 0 aromatic carbocycles. The van der Waals surface area contributed by atoms with Gasteiger partial charge < -0.3 is 4.43 Å². The first-order valence-electron chi connectivity index (χ1n) is 4.47. The van der Waals surface area contributed by atoms with Crippen LogP contribution in [0.15, 0.2) is 0 Å². The van der Waals surface area contributed by atoms with Gasteiger partial charge in [-0.05, 0) is 18.1 Å². The van der Waals surface area contributed by atoms with E-state index in [0.29, 0.717) is 6.61 Å². The molecule has 0 aliphatic heterocycles. The van der Waals surface area contributed by atoms with Crippen LogP contribution < -0.4 is 0 Å². The first-order valence-corrected chi connectivity index (χ1v) is 8.50. The van der Waals surface area contributed by atoms with E-state index in [0.717, 1.165) is 5.33 Å². The molecule has 13 heavy (non-hydrogen) atoms. The predicted octanol–water partition coefficient (Wildman–Crippen LogP) is 3.41. The van der Waals surface area contributed by atoms with Crippen molar-refractivity contribution in [1.82, 2.24) is 0 Å². The molecule has 0 radical (unpaired) electrons. The number of rotatable bonds is 2. The van der Waals surface area contributed by atoms with Crippen LogP contribution in [0.2, 0.25) is 18.1 Å². The highest BCUT2D eigenvalue weighted by Gasteiger charge is 2.36. The van der Waals surface area contributed by atoms with Gasteiger partial charge in [-0.1, -0.05) is 48.5 Å². The van der Waals surface area contributed by atoms with Crippen molar-refractivity contribution >= 4 is 24.2 Å². The zero-order chi connectivity index (χ0) is 10.5. The average Bonchev–Trinajstić information content (AvgIpc) is 1.96. The van der Waals surface area contributed by atoms with Gasteiger partial charge in [0.05, 0.1) is 11.9 Å². The fourth-order valence-electron chi connectivity index (χ4n) is 0.531. The highest BCUT2D eigenvalue weighted by Crippen LogP contribution is 2.36. The topological polar surface area (TPSA) is 9.23 Å². The second-order valence-corrected chi connectivity index (χ2v) is 9.91. The molecule has 0 N–H and O–H groups in total. The van der Waals surface area contributed by atoms with Crippen molar-refractivity contribution in [3.8, 4) is 11.8 Å². The zero-order valence-corrected chi connectivity index (χ0v) is 11.8. The van der Waals surface area contributed by atoms with Crippen LogP contribution in [0.5, 0.6) is 0 Å². The summed E-state index contributed by atoms with van der Waals surface area (Å²) >= 11 is 3.25. The number of hydrogen-bond acceptors (Lipinski definition) is 1. The largest absolute Gasteiger partial charge is 0.406 e. The van der Waals surface area contributed by atoms with Gasteiger partial charge in [-0.25, -0.2) is 0 Å². The molecule has 0 fully saturated rings. The summed E-state index contributed by atoms with van der Waals surface area (Å²) in [5, 5.41) is 1.01. The molecule has 0 heterocycles. The van der Waals surface area contributed by atoms with Gasteiger partial charge in [-0.15, -0.1) is 0 Å². The monoisotopic (exact) mass is 262 g/mol. The van der Waals surface area contributed by atoms with Crippen molar-refractivity contribution in [2.75, 3.05) is 11.9 Å². The molecular weight excluding hydrogens is 244 g/mol. The van der Waals surface area contributed by atoms with Gasteiger partial charge in [0, 0.05) is 0 Å². The lowest BCUT2D eigenvalue weighted by Crippen LogP contribution is -2.40. The Hall–Kier alpha value is 0.217. The van der Waals surface area contributed by atoms with E-state index in [-0.39, 0.29) is 5.04 Å². The summed E-state index contributed by atoms with van der Waals surface area (Å²) in [5.41, 5.74) is 0. The Kier molecular flexibility index (Phi) is 5.27. The Morgan fingerprint density at radius 1 is 1.23 bits per heavy atom. The molecule has 0 spiro atoms. The van der Waals surface area contributed by atoms with E-state index in [4.69, 9.17) is 4.43 Å². The van der Waals surface area contributed by atoms with Crippen molar-refractivity contribution in [2.45, 2.75) is 38.9 Å². The van der Waals surface area contributed by atoms with E-state index in [9.17, 15) is 0 Å². The van der Waals surface area contributed by atoms with Crippen molar-refractivity contribution < 1.29 is 4.43 Å². The van der Waals surface area contributed by atoms with Crippen molar-refractivity contribution in [2.24, 2.45) is 0 Å². The smallest absolute Gasteiger partial charge is 0.193 e. The summed E-state index contributed by atoms with van der Waals surface area (Å²) in [7, 11) is -1.57. The third-order valence-electron chi connectivity index (χ3n) is 2.50. The Morgan fingerprint density at radius 2 is 1.77 bits per heavy atom. The molecule has 0 saturated heterocycles. The van der Waals surface area contributed by atoms with Gasteiger partial charge >= 0.3 is 0 Å². The summed E-state index contributed by atoms with van der Waals surface area (Å²) < 4.78 is 5.84.